The van der Waals surface area contributed by atoms with E-state index in [-0.39, 0.29) is 0 Å². The van der Waals surface area contributed by atoms with Gasteiger partial charge in [-0.15, -0.1) is 0 Å². The topological polar surface area (TPSA) is 12.9 Å². The maximum atomic E-state index is 4.32. The number of pyridine rings is 1. The Bertz CT molecular complexity index is 313. The Morgan fingerprint density at radius 1 is 1.25 bits per heavy atom. The van der Waals surface area contributed by atoms with Crippen LogP contribution in [0.2, 0.25) is 0 Å². The molecule has 0 bridgehead atoms. The lowest BCUT2D eigenvalue weighted by Gasteiger charge is -2.14. The monoisotopic (exact) mass is 161 g/mol. The molecule has 1 aromatic rings. The van der Waals surface area contributed by atoms with Gasteiger partial charge in [0.25, 0.3) is 0 Å². The lowest BCUT2D eigenvalue weighted by atomic mass is 9.90. The van der Waals surface area contributed by atoms with Crippen molar-refractivity contribution in [3.63, 3.8) is 0 Å². The van der Waals surface area contributed by atoms with E-state index in [1.54, 1.807) is 0 Å². The highest BCUT2D eigenvalue weighted by atomic mass is 14.7. The summed E-state index contributed by atoms with van der Waals surface area (Å²) in [6.07, 6.45) is 4.45. The van der Waals surface area contributed by atoms with Crippen LogP contribution >= 0.6 is 0 Å². The van der Waals surface area contributed by atoms with Crippen molar-refractivity contribution in [1.29, 1.82) is 0 Å². The molecular formula is C11H15N. The first-order valence-electron chi connectivity index (χ1n) is 4.51. The van der Waals surface area contributed by atoms with E-state index in [4.69, 9.17) is 0 Å². The minimum Gasteiger partial charge on any atom is -0.261 e. The third kappa shape index (κ3) is 1.24. The summed E-state index contributed by atoms with van der Waals surface area (Å²) in [5.41, 5.74) is 4.56. The Morgan fingerprint density at radius 2 is 1.92 bits per heavy atom. The summed E-state index contributed by atoms with van der Waals surface area (Å²) >= 11 is 0. The first-order valence-corrected chi connectivity index (χ1v) is 4.51. The van der Waals surface area contributed by atoms with Gasteiger partial charge in [-0.1, -0.05) is 13.8 Å². The van der Waals surface area contributed by atoms with E-state index in [0.717, 1.165) is 5.69 Å². The molecule has 0 fully saturated rings. The van der Waals surface area contributed by atoms with E-state index in [1.165, 1.54) is 24.0 Å². The van der Waals surface area contributed by atoms with Crippen LogP contribution < -0.4 is 0 Å². The second-order valence-electron chi connectivity index (χ2n) is 4.61. The van der Waals surface area contributed by atoms with Crippen molar-refractivity contribution in [1.82, 2.24) is 4.98 Å². The number of aryl methyl sites for hydroxylation is 1. The molecule has 0 amide bonds. The van der Waals surface area contributed by atoms with Crippen molar-refractivity contribution in [3.8, 4) is 0 Å². The van der Waals surface area contributed by atoms with Gasteiger partial charge in [0, 0.05) is 11.9 Å². The highest BCUT2D eigenvalue weighted by Gasteiger charge is 2.28. The van der Waals surface area contributed by atoms with Crippen LogP contribution in [0.5, 0.6) is 0 Å². The Hall–Kier alpha value is -0.850. The molecule has 0 spiro atoms. The lowest BCUT2D eigenvalue weighted by Crippen LogP contribution is -2.09. The summed E-state index contributed by atoms with van der Waals surface area (Å²) in [6.45, 7) is 6.70. The van der Waals surface area contributed by atoms with Crippen LogP contribution in [-0.4, -0.2) is 4.98 Å². The van der Waals surface area contributed by atoms with Gasteiger partial charge in [0.15, 0.2) is 0 Å². The van der Waals surface area contributed by atoms with E-state index in [9.17, 15) is 0 Å². The van der Waals surface area contributed by atoms with Crippen LogP contribution in [0.25, 0.3) is 0 Å². The Labute approximate surface area is 73.8 Å². The highest BCUT2D eigenvalue weighted by Crippen LogP contribution is 2.35. The van der Waals surface area contributed by atoms with Crippen LogP contribution in [-0.2, 0) is 12.8 Å². The zero-order chi connectivity index (χ0) is 8.77. The summed E-state index contributed by atoms with van der Waals surface area (Å²) in [6, 6.07) is 2.23. The number of fused-ring (bicyclic) bond motifs is 1. The summed E-state index contributed by atoms with van der Waals surface area (Å²) in [5, 5.41) is 0. The molecule has 1 nitrogen and oxygen atoms in total. The average molecular weight is 161 g/mol. The molecule has 2 rings (SSSR count). The van der Waals surface area contributed by atoms with Crippen molar-refractivity contribution in [2.24, 2.45) is 5.41 Å². The maximum absolute atomic E-state index is 4.32. The number of nitrogens with zero attached hydrogens (tertiary/aromatic N) is 1. The van der Waals surface area contributed by atoms with Gasteiger partial charge in [0.05, 0.1) is 0 Å². The maximum Gasteiger partial charge on any atom is 0.0375 e. The summed E-state index contributed by atoms with van der Waals surface area (Å²) in [7, 11) is 0. The zero-order valence-electron chi connectivity index (χ0n) is 8.02. The third-order valence-electron chi connectivity index (χ3n) is 2.56. The summed E-state index contributed by atoms with van der Waals surface area (Å²) < 4.78 is 0. The van der Waals surface area contributed by atoms with Crippen molar-refractivity contribution in [2.75, 3.05) is 0 Å². The molecule has 1 aliphatic rings. The fourth-order valence-corrected chi connectivity index (χ4v) is 2.06. The number of rotatable bonds is 0. The van der Waals surface area contributed by atoms with E-state index in [0.29, 0.717) is 5.41 Å². The molecule has 0 saturated heterocycles. The van der Waals surface area contributed by atoms with Gasteiger partial charge in [-0.3, -0.25) is 4.98 Å². The lowest BCUT2D eigenvalue weighted by molar-refractivity contribution is 0.392. The van der Waals surface area contributed by atoms with E-state index < -0.39 is 0 Å². The summed E-state index contributed by atoms with van der Waals surface area (Å²) in [5.74, 6) is 0. The molecule has 1 heterocycles. The second kappa shape index (κ2) is 2.32. The fourth-order valence-electron chi connectivity index (χ4n) is 2.06. The standard InChI is InChI=1S/C11H15N/c1-8-4-9-5-11(2,3)6-10(9)7-12-8/h4,7H,5-6H2,1-3H3. The quantitative estimate of drug-likeness (QED) is 0.569. The van der Waals surface area contributed by atoms with E-state index >= 15 is 0 Å². The normalized spacial score (nSPS) is 19.2. The molecule has 0 radical (unpaired) electrons. The predicted molar refractivity (Wildman–Crippen MR) is 50.2 cm³/mol. The van der Waals surface area contributed by atoms with Gasteiger partial charge in [0.2, 0.25) is 0 Å². The minimum absolute atomic E-state index is 0.456. The van der Waals surface area contributed by atoms with Crippen molar-refractivity contribution in [3.05, 3.63) is 29.1 Å². The second-order valence-corrected chi connectivity index (χ2v) is 4.61. The van der Waals surface area contributed by atoms with Gasteiger partial charge >= 0.3 is 0 Å². The van der Waals surface area contributed by atoms with Gasteiger partial charge in [0.1, 0.15) is 0 Å². The fraction of sp³-hybridized carbons (Fsp3) is 0.545. The molecule has 64 valence electrons. The molecule has 1 heteroatoms. The van der Waals surface area contributed by atoms with Crippen LogP contribution in [0, 0.1) is 12.3 Å². The molecule has 0 atom stereocenters. The number of aromatic nitrogens is 1. The third-order valence-corrected chi connectivity index (χ3v) is 2.56. The minimum atomic E-state index is 0.456. The molecular weight excluding hydrogens is 146 g/mol. The summed E-state index contributed by atoms with van der Waals surface area (Å²) in [4.78, 5) is 4.32. The molecule has 0 N–H and O–H groups in total. The Balaban J connectivity index is 2.43. The van der Waals surface area contributed by atoms with Crippen molar-refractivity contribution in [2.45, 2.75) is 33.6 Å². The first kappa shape index (κ1) is 7.78. The average Bonchev–Trinajstić information content (AvgIpc) is 2.21. The van der Waals surface area contributed by atoms with Crippen LogP contribution in [0.3, 0.4) is 0 Å². The van der Waals surface area contributed by atoms with Gasteiger partial charge in [-0.2, -0.15) is 0 Å². The van der Waals surface area contributed by atoms with E-state index in [2.05, 4.69) is 31.8 Å². The molecule has 0 aliphatic heterocycles. The van der Waals surface area contributed by atoms with Crippen molar-refractivity contribution >= 4 is 0 Å². The molecule has 0 aromatic carbocycles. The highest BCUT2D eigenvalue weighted by molar-refractivity contribution is 5.32. The van der Waals surface area contributed by atoms with Gasteiger partial charge < -0.3 is 0 Å². The zero-order valence-corrected chi connectivity index (χ0v) is 8.02. The molecule has 0 saturated carbocycles. The largest absolute Gasteiger partial charge is 0.261 e. The van der Waals surface area contributed by atoms with Crippen LogP contribution in [0.1, 0.15) is 30.7 Å². The van der Waals surface area contributed by atoms with Gasteiger partial charge in [-0.05, 0) is 42.4 Å². The predicted octanol–water partition coefficient (Wildman–Crippen LogP) is 2.51. The van der Waals surface area contributed by atoms with Crippen LogP contribution in [0.15, 0.2) is 12.3 Å². The Morgan fingerprint density at radius 3 is 2.67 bits per heavy atom. The first-order chi connectivity index (χ1) is 5.57. The number of hydrogen-bond donors (Lipinski definition) is 0. The van der Waals surface area contributed by atoms with Gasteiger partial charge in [-0.25, -0.2) is 0 Å². The van der Waals surface area contributed by atoms with E-state index in [1.807, 2.05) is 6.20 Å². The van der Waals surface area contributed by atoms with Crippen molar-refractivity contribution < 1.29 is 0 Å². The van der Waals surface area contributed by atoms with Crippen LogP contribution in [0.4, 0.5) is 0 Å². The molecule has 12 heavy (non-hydrogen) atoms. The SMILES string of the molecule is Cc1cc2c(cn1)CC(C)(C)C2. The molecule has 0 unspecified atom stereocenters. The molecule has 1 aromatic heterocycles. The smallest absolute Gasteiger partial charge is 0.0375 e. The number of hydrogen-bond acceptors (Lipinski definition) is 1. The Kier molecular flexibility index (Phi) is 1.50. The molecule has 1 aliphatic carbocycles.